The van der Waals surface area contributed by atoms with Crippen molar-refractivity contribution in [2.45, 2.75) is 63.6 Å². The van der Waals surface area contributed by atoms with Crippen molar-refractivity contribution in [1.29, 1.82) is 0 Å². The number of carboxylic acids is 1. The molecule has 2 aliphatic heterocycles. The van der Waals surface area contributed by atoms with Crippen LogP contribution < -0.4 is 0 Å². The molecule has 12 nitrogen and oxygen atoms in total. The lowest BCUT2D eigenvalue weighted by molar-refractivity contribution is -0.290. The molecular formula is C22H28O12. The van der Waals surface area contributed by atoms with Gasteiger partial charge in [0.1, 0.15) is 18.0 Å². The molecule has 10 atom stereocenters. The van der Waals surface area contributed by atoms with Gasteiger partial charge in [0.25, 0.3) is 0 Å². The number of rotatable bonds is 5. The normalized spacial score (nSPS) is 46.6. The van der Waals surface area contributed by atoms with E-state index in [4.69, 9.17) is 18.9 Å². The minimum absolute atomic E-state index is 0.0892. The highest BCUT2D eigenvalue weighted by molar-refractivity contribution is 5.88. The lowest BCUT2D eigenvalue weighted by atomic mass is 9.39. The third-order valence-electron chi connectivity index (χ3n) is 8.45. The number of aliphatic carboxylic acids is 1. The van der Waals surface area contributed by atoms with E-state index in [2.05, 4.69) is 0 Å². The molecule has 4 fully saturated rings. The van der Waals surface area contributed by atoms with Crippen molar-refractivity contribution >= 4 is 29.7 Å². The minimum atomic E-state index is -2.28. The van der Waals surface area contributed by atoms with E-state index in [9.17, 15) is 39.3 Å². The van der Waals surface area contributed by atoms with Crippen LogP contribution in [-0.2, 0) is 42.9 Å². The first-order chi connectivity index (χ1) is 15.8. The molecule has 12 heteroatoms. The number of hydrogen-bond acceptors (Lipinski definition) is 11. The second-order valence-electron chi connectivity index (χ2n) is 10.0. The molecule has 188 valence electrons. The zero-order chi connectivity index (χ0) is 25.4. The van der Waals surface area contributed by atoms with E-state index >= 15 is 0 Å². The lowest BCUT2D eigenvalue weighted by Crippen LogP contribution is -2.79. The summed E-state index contributed by atoms with van der Waals surface area (Å²) in [4.78, 5) is 62.6. The number of methoxy groups -OCH3 is 1. The van der Waals surface area contributed by atoms with Gasteiger partial charge in [-0.1, -0.05) is 6.92 Å². The van der Waals surface area contributed by atoms with Crippen LogP contribution in [0.3, 0.4) is 0 Å². The SMILES string of the molecule is COC(=O)[C@@]12OC[C@]34[C@H]([C@@H](O)[C@@H]1O)[C@@](C)(CC(=O)O)[C@H](C(C)=O)C[C@H]3OC(=O)[C@H](OC(C)=O)[C@@H]24. The van der Waals surface area contributed by atoms with E-state index in [0.717, 1.165) is 14.0 Å². The molecule has 0 aromatic carbocycles. The zero-order valence-electron chi connectivity index (χ0n) is 19.2. The summed E-state index contributed by atoms with van der Waals surface area (Å²) in [5, 5.41) is 32.4. The number of aliphatic hydroxyl groups excluding tert-OH is 2. The van der Waals surface area contributed by atoms with Crippen LogP contribution in [0.2, 0.25) is 0 Å². The van der Waals surface area contributed by atoms with Gasteiger partial charge in [0.05, 0.1) is 32.2 Å². The summed E-state index contributed by atoms with van der Waals surface area (Å²) in [6, 6.07) is 0. The topological polar surface area (TPSA) is 183 Å². The van der Waals surface area contributed by atoms with Crippen molar-refractivity contribution < 1.29 is 58.2 Å². The smallest absolute Gasteiger partial charge is 0.348 e. The molecule has 2 saturated carbocycles. The van der Waals surface area contributed by atoms with Crippen LogP contribution in [-0.4, -0.2) is 88.7 Å². The van der Waals surface area contributed by atoms with Gasteiger partial charge in [0.2, 0.25) is 11.7 Å². The minimum Gasteiger partial charge on any atom is -0.481 e. The summed E-state index contributed by atoms with van der Waals surface area (Å²) in [5.74, 6) is -8.03. The van der Waals surface area contributed by atoms with E-state index in [0.29, 0.717) is 0 Å². The number of ketones is 1. The Hall–Kier alpha value is -2.57. The van der Waals surface area contributed by atoms with Gasteiger partial charge >= 0.3 is 23.9 Å². The lowest BCUT2D eigenvalue weighted by Gasteiger charge is -2.66. The van der Waals surface area contributed by atoms with Gasteiger partial charge in [-0.05, 0) is 18.8 Å². The highest BCUT2D eigenvalue weighted by atomic mass is 16.6. The molecule has 2 aliphatic carbocycles. The third kappa shape index (κ3) is 2.85. The molecule has 4 aliphatic rings. The van der Waals surface area contributed by atoms with Crippen molar-refractivity contribution in [1.82, 2.24) is 0 Å². The van der Waals surface area contributed by atoms with Gasteiger partial charge in [0.15, 0.2) is 0 Å². The molecule has 2 heterocycles. The van der Waals surface area contributed by atoms with Crippen LogP contribution in [0.5, 0.6) is 0 Å². The molecule has 1 spiro atoms. The average Bonchev–Trinajstić information content (AvgIpc) is 3.03. The highest BCUT2D eigenvalue weighted by Crippen LogP contribution is 2.71. The first kappa shape index (κ1) is 24.6. The van der Waals surface area contributed by atoms with Gasteiger partial charge in [-0.25, -0.2) is 9.59 Å². The Morgan fingerprint density at radius 3 is 2.32 bits per heavy atom. The van der Waals surface area contributed by atoms with E-state index in [1.807, 2.05) is 0 Å². The molecule has 0 unspecified atom stereocenters. The van der Waals surface area contributed by atoms with Crippen molar-refractivity contribution in [3.8, 4) is 0 Å². The van der Waals surface area contributed by atoms with E-state index in [-0.39, 0.29) is 18.8 Å². The van der Waals surface area contributed by atoms with Crippen LogP contribution in [0, 0.1) is 28.6 Å². The molecule has 4 rings (SSSR count). The van der Waals surface area contributed by atoms with E-state index in [1.165, 1.54) is 13.8 Å². The summed E-state index contributed by atoms with van der Waals surface area (Å²) in [6.45, 7) is 3.52. The Balaban J connectivity index is 2.02. The third-order valence-corrected chi connectivity index (χ3v) is 8.45. The standard InChI is InChI=1S/C22H28O12/c1-8(23)10-5-11-21-7-32-22(19(30)31-4,16(21)14(18(29)34-11)33-9(2)24)17(28)13(27)15(21)20(10,3)6-12(25)26/h10-11,13-17,27-28H,5-7H2,1-4H3,(H,25,26)/t10-,11+,13+,14+,15+,16+,17-,20-,21+,22-/m0/s1. The van der Waals surface area contributed by atoms with Crippen molar-refractivity contribution in [3.05, 3.63) is 0 Å². The number of aliphatic hydroxyl groups is 2. The van der Waals surface area contributed by atoms with Crippen LogP contribution in [0.15, 0.2) is 0 Å². The van der Waals surface area contributed by atoms with Gasteiger partial charge in [0, 0.05) is 24.2 Å². The zero-order valence-corrected chi connectivity index (χ0v) is 19.2. The van der Waals surface area contributed by atoms with E-state index < -0.39 is 88.9 Å². The fourth-order valence-corrected chi connectivity index (χ4v) is 7.50. The van der Waals surface area contributed by atoms with Crippen molar-refractivity contribution in [2.75, 3.05) is 13.7 Å². The summed E-state index contributed by atoms with van der Waals surface area (Å²) in [5.41, 5.74) is -5.15. The van der Waals surface area contributed by atoms with E-state index in [1.54, 1.807) is 0 Å². The quantitative estimate of drug-likeness (QED) is 0.314. The average molecular weight is 484 g/mol. The maximum absolute atomic E-state index is 13.1. The van der Waals surface area contributed by atoms with Gasteiger partial charge in [-0.2, -0.15) is 0 Å². The second-order valence-corrected chi connectivity index (χ2v) is 10.0. The molecule has 0 aromatic rings. The Labute approximate surface area is 194 Å². The number of Topliss-reactive ketones (excluding diaryl/α,β-unsaturated/α-hetero) is 1. The Kier molecular flexibility index (Phi) is 5.57. The predicted octanol–water partition coefficient (Wildman–Crippen LogP) is -1.17. The molecule has 0 aromatic heterocycles. The van der Waals surface area contributed by atoms with Gasteiger partial charge < -0.3 is 34.3 Å². The summed E-state index contributed by atoms with van der Waals surface area (Å²) < 4.78 is 21.7. The molecule has 2 saturated heterocycles. The number of carboxylic acid groups (broad SMARTS) is 1. The molecular weight excluding hydrogens is 456 g/mol. The second kappa shape index (κ2) is 7.72. The number of hydrogen-bond donors (Lipinski definition) is 3. The number of carbonyl (C=O) groups excluding carboxylic acids is 4. The fraction of sp³-hybridized carbons (Fsp3) is 0.773. The summed E-state index contributed by atoms with van der Waals surface area (Å²) >= 11 is 0. The number of esters is 3. The molecule has 3 N–H and O–H groups in total. The van der Waals surface area contributed by atoms with Crippen molar-refractivity contribution in [2.24, 2.45) is 28.6 Å². The molecule has 2 bridgehead atoms. The highest BCUT2D eigenvalue weighted by Gasteiger charge is 2.85. The van der Waals surface area contributed by atoms with Crippen LogP contribution in [0.4, 0.5) is 0 Å². The maximum Gasteiger partial charge on any atom is 0.348 e. The van der Waals surface area contributed by atoms with Crippen LogP contribution in [0.25, 0.3) is 0 Å². The van der Waals surface area contributed by atoms with Gasteiger partial charge in [-0.3, -0.25) is 14.4 Å². The van der Waals surface area contributed by atoms with Crippen molar-refractivity contribution in [3.63, 3.8) is 0 Å². The molecule has 0 amide bonds. The summed E-state index contributed by atoms with van der Waals surface area (Å²) in [6.07, 6.45) is -7.14. The first-order valence-corrected chi connectivity index (χ1v) is 11.0. The Bertz CT molecular complexity index is 962. The van der Waals surface area contributed by atoms with Crippen LogP contribution in [0.1, 0.15) is 33.6 Å². The number of carbonyl (C=O) groups is 5. The largest absolute Gasteiger partial charge is 0.481 e. The number of ether oxygens (including phenoxy) is 4. The molecule has 0 radical (unpaired) electrons. The summed E-state index contributed by atoms with van der Waals surface area (Å²) in [7, 11) is 1.04. The Morgan fingerprint density at radius 1 is 1.15 bits per heavy atom. The first-order valence-electron chi connectivity index (χ1n) is 11.0. The van der Waals surface area contributed by atoms with Gasteiger partial charge in [-0.15, -0.1) is 0 Å². The maximum atomic E-state index is 13.1. The van der Waals surface area contributed by atoms with Crippen LogP contribution >= 0.6 is 0 Å². The predicted molar refractivity (Wildman–Crippen MR) is 107 cm³/mol. The molecule has 34 heavy (non-hydrogen) atoms. The monoisotopic (exact) mass is 484 g/mol. The Morgan fingerprint density at radius 2 is 1.79 bits per heavy atom. The fourth-order valence-electron chi connectivity index (χ4n) is 7.50.